The van der Waals surface area contributed by atoms with Crippen LogP contribution in [0, 0.1) is 11.8 Å². The second-order valence-corrected chi connectivity index (χ2v) is 30.3. The molecule has 0 aliphatic rings. The van der Waals surface area contributed by atoms with Gasteiger partial charge in [-0.05, 0) is 37.5 Å². The summed E-state index contributed by atoms with van der Waals surface area (Å²) >= 11 is 0. The van der Waals surface area contributed by atoms with Gasteiger partial charge in [0, 0.05) is 25.7 Å². The number of esters is 4. The van der Waals surface area contributed by atoms with E-state index in [2.05, 4.69) is 41.5 Å². The van der Waals surface area contributed by atoms with Crippen LogP contribution in [0.4, 0.5) is 0 Å². The van der Waals surface area contributed by atoms with Crippen LogP contribution < -0.4 is 0 Å². The molecule has 0 saturated heterocycles. The fourth-order valence-corrected chi connectivity index (χ4v) is 12.8. The highest BCUT2D eigenvalue weighted by Crippen LogP contribution is 2.45. The van der Waals surface area contributed by atoms with E-state index in [0.29, 0.717) is 31.6 Å². The molecule has 93 heavy (non-hydrogen) atoms. The van der Waals surface area contributed by atoms with Crippen molar-refractivity contribution in [3.8, 4) is 0 Å². The molecular weight excluding hydrogens is 1220 g/mol. The van der Waals surface area contributed by atoms with Gasteiger partial charge >= 0.3 is 39.5 Å². The third-order valence-electron chi connectivity index (χ3n) is 17.6. The minimum absolute atomic E-state index is 0.104. The lowest BCUT2D eigenvalue weighted by Crippen LogP contribution is -2.30. The number of unbranched alkanes of at least 4 members (excludes halogenated alkanes) is 42. The molecule has 0 bridgehead atoms. The second kappa shape index (κ2) is 66.0. The van der Waals surface area contributed by atoms with Gasteiger partial charge in [0.15, 0.2) is 12.2 Å². The van der Waals surface area contributed by atoms with Crippen molar-refractivity contribution in [1.82, 2.24) is 0 Å². The Kier molecular flexibility index (Phi) is 64.6. The number of carbonyl (C=O) groups excluding carboxylic acids is 4. The van der Waals surface area contributed by atoms with Crippen molar-refractivity contribution < 1.29 is 80.2 Å². The zero-order valence-corrected chi connectivity index (χ0v) is 62.3. The van der Waals surface area contributed by atoms with Gasteiger partial charge in [-0.2, -0.15) is 0 Å². The molecule has 3 N–H and O–H groups in total. The van der Waals surface area contributed by atoms with Crippen LogP contribution in [0.5, 0.6) is 0 Å². The van der Waals surface area contributed by atoms with Crippen molar-refractivity contribution in [2.24, 2.45) is 11.8 Å². The number of phosphoric acid groups is 2. The van der Waals surface area contributed by atoms with Gasteiger partial charge in [0.1, 0.15) is 19.3 Å². The largest absolute Gasteiger partial charge is 0.472 e. The third-order valence-corrected chi connectivity index (χ3v) is 19.5. The number of aliphatic hydroxyl groups excluding tert-OH is 1. The van der Waals surface area contributed by atoms with Gasteiger partial charge in [-0.1, -0.05) is 330 Å². The smallest absolute Gasteiger partial charge is 0.462 e. The first kappa shape index (κ1) is 91.1. The Bertz CT molecular complexity index is 1810. The van der Waals surface area contributed by atoms with Gasteiger partial charge in [-0.15, -0.1) is 0 Å². The van der Waals surface area contributed by atoms with Crippen molar-refractivity contribution in [3.63, 3.8) is 0 Å². The number of hydrogen-bond acceptors (Lipinski definition) is 15. The first-order valence-corrected chi connectivity index (χ1v) is 41.5. The molecule has 6 atom stereocenters. The lowest BCUT2D eigenvalue weighted by molar-refractivity contribution is -0.161. The van der Waals surface area contributed by atoms with E-state index in [-0.39, 0.29) is 25.7 Å². The van der Waals surface area contributed by atoms with Gasteiger partial charge < -0.3 is 33.8 Å². The summed E-state index contributed by atoms with van der Waals surface area (Å²) < 4.78 is 68.4. The van der Waals surface area contributed by atoms with Gasteiger partial charge in [-0.25, -0.2) is 9.13 Å². The maximum absolute atomic E-state index is 13.1. The van der Waals surface area contributed by atoms with Gasteiger partial charge in [0.05, 0.1) is 26.4 Å². The van der Waals surface area contributed by atoms with E-state index in [9.17, 15) is 43.2 Å². The molecule has 19 heteroatoms. The third kappa shape index (κ3) is 67.0. The van der Waals surface area contributed by atoms with E-state index in [1.54, 1.807) is 0 Å². The van der Waals surface area contributed by atoms with E-state index < -0.39 is 97.5 Å². The quantitative estimate of drug-likeness (QED) is 0.0222. The van der Waals surface area contributed by atoms with Crippen LogP contribution in [0.25, 0.3) is 0 Å². The highest BCUT2D eigenvalue weighted by Gasteiger charge is 2.30. The molecule has 17 nitrogen and oxygen atoms in total. The first-order chi connectivity index (χ1) is 44.9. The number of aliphatic hydroxyl groups is 1. The molecule has 552 valence electrons. The van der Waals surface area contributed by atoms with E-state index in [0.717, 1.165) is 102 Å². The SMILES string of the molecule is CCCCCCCCCCCCCCCCCCCCCC(=O)O[C@H](COC(=O)CCCCCCCCCCCCCCC)COP(=O)(O)OC[C@@H](O)COP(=O)(O)OC[C@@H](COC(=O)CCCCCCCCC(C)C)OC(=O)CCCCCCCCCCC(C)CC. The standard InChI is InChI=1S/C74H144O17P2/c1-7-10-12-14-16-18-20-22-23-24-25-26-27-29-31-33-38-46-52-58-73(78)90-69(62-84-71(76)56-50-44-37-32-30-28-21-19-17-15-13-11-8-2)64-88-92(80,81)86-60-68(75)61-87-93(82,83)89-65-70(63-85-72(77)57-51-45-41-40-42-48-54-66(4)5)91-74(79)59-53-47-39-35-34-36-43-49-55-67(6)9-3/h66-70,75H,7-65H2,1-6H3,(H,80,81)(H,82,83)/t67?,68-,69-,70-/m1/s1. The molecule has 0 fully saturated rings. The van der Waals surface area contributed by atoms with Gasteiger partial charge in [0.2, 0.25) is 0 Å². The maximum Gasteiger partial charge on any atom is 0.472 e. The Balaban J connectivity index is 5.22. The highest BCUT2D eigenvalue weighted by molar-refractivity contribution is 7.47. The minimum atomic E-state index is -4.95. The molecule has 0 aromatic heterocycles. The number of hydrogen-bond donors (Lipinski definition) is 3. The highest BCUT2D eigenvalue weighted by atomic mass is 31.2. The van der Waals surface area contributed by atoms with Crippen molar-refractivity contribution >= 4 is 39.5 Å². The lowest BCUT2D eigenvalue weighted by Gasteiger charge is -2.21. The molecule has 0 amide bonds. The molecule has 3 unspecified atom stereocenters. The lowest BCUT2D eigenvalue weighted by atomic mass is 9.99. The summed E-state index contributed by atoms with van der Waals surface area (Å²) in [5, 5.41) is 10.6. The molecule has 0 radical (unpaired) electrons. The Morgan fingerprint density at radius 3 is 0.817 bits per heavy atom. The van der Waals surface area contributed by atoms with Crippen molar-refractivity contribution in [1.29, 1.82) is 0 Å². The molecule has 0 aliphatic carbocycles. The number of ether oxygens (including phenoxy) is 4. The second-order valence-electron chi connectivity index (χ2n) is 27.4. The average molecular weight is 1370 g/mol. The topological polar surface area (TPSA) is 237 Å². The van der Waals surface area contributed by atoms with Crippen LogP contribution in [-0.4, -0.2) is 96.7 Å². The fourth-order valence-electron chi connectivity index (χ4n) is 11.3. The molecule has 0 aromatic carbocycles. The van der Waals surface area contributed by atoms with Crippen molar-refractivity contribution in [2.45, 2.75) is 400 Å². The summed E-state index contributed by atoms with van der Waals surface area (Å²) in [6.45, 7) is 9.49. The monoisotopic (exact) mass is 1370 g/mol. The fraction of sp³-hybridized carbons (Fsp3) is 0.946. The zero-order valence-electron chi connectivity index (χ0n) is 60.6. The Morgan fingerprint density at radius 1 is 0.312 bits per heavy atom. The summed E-state index contributed by atoms with van der Waals surface area (Å²) in [7, 11) is -9.91. The number of phosphoric ester groups is 2. The van der Waals surface area contributed by atoms with Crippen LogP contribution in [0.1, 0.15) is 382 Å². The predicted octanol–water partition coefficient (Wildman–Crippen LogP) is 21.6. The molecule has 0 aromatic rings. The maximum atomic E-state index is 13.1. The van der Waals surface area contributed by atoms with Crippen molar-refractivity contribution in [3.05, 3.63) is 0 Å². The molecule has 0 spiro atoms. The summed E-state index contributed by atoms with van der Waals surface area (Å²) in [4.78, 5) is 72.7. The minimum Gasteiger partial charge on any atom is -0.462 e. The van der Waals surface area contributed by atoms with Crippen LogP contribution in [0.15, 0.2) is 0 Å². The van der Waals surface area contributed by atoms with Crippen LogP contribution in [0.2, 0.25) is 0 Å². The molecule has 0 rings (SSSR count). The Morgan fingerprint density at radius 2 is 0.548 bits per heavy atom. The normalized spacial score (nSPS) is 14.3. The van der Waals surface area contributed by atoms with E-state index in [1.165, 1.54) is 193 Å². The van der Waals surface area contributed by atoms with Crippen LogP contribution in [0.3, 0.4) is 0 Å². The Hall–Kier alpha value is -1.94. The molecule has 0 heterocycles. The molecule has 0 aliphatic heterocycles. The predicted molar refractivity (Wildman–Crippen MR) is 377 cm³/mol. The molecular formula is C74H144O17P2. The van der Waals surface area contributed by atoms with Gasteiger partial charge in [0.25, 0.3) is 0 Å². The summed E-state index contributed by atoms with van der Waals surface area (Å²) in [5.41, 5.74) is 0. The summed E-state index contributed by atoms with van der Waals surface area (Å²) in [5.74, 6) is -0.673. The van der Waals surface area contributed by atoms with Crippen LogP contribution in [-0.2, 0) is 65.4 Å². The van der Waals surface area contributed by atoms with Crippen molar-refractivity contribution in [2.75, 3.05) is 39.6 Å². The Labute approximate surface area is 568 Å². The van der Waals surface area contributed by atoms with Crippen LogP contribution >= 0.6 is 15.6 Å². The summed E-state index contributed by atoms with van der Waals surface area (Å²) in [6.07, 6.45) is 52.9. The number of rotatable bonds is 73. The van der Waals surface area contributed by atoms with E-state index >= 15 is 0 Å². The van der Waals surface area contributed by atoms with Gasteiger partial charge in [-0.3, -0.25) is 37.3 Å². The van der Waals surface area contributed by atoms with E-state index in [4.69, 9.17) is 37.0 Å². The number of carbonyl (C=O) groups is 4. The molecule has 0 saturated carbocycles. The average Bonchev–Trinajstić information content (AvgIpc) is 1.69. The zero-order chi connectivity index (χ0) is 68.6. The van der Waals surface area contributed by atoms with E-state index in [1.807, 2.05) is 0 Å². The first-order valence-electron chi connectivity index (χ1n) is 38.5. The summed E-state index contributed by atoms with van der Waals surface area (Å²) in [6, 6.07) is 0.